The molecule has 0 amide bonds. The molecule has 5 rings (SSSR count). The lowest BCUT2D eigenvalue weighted by Crippen LogP contribution is -2.39. The Morgan fingerprint density at radius 3 is 2.50 bits per heavy atom. The van der Waals surface area contributed by atoms with Crippen molar-refractivity contribution in [1.29, 1.82) is 0 Å². The number of carbonyl (C=O) groups is 1. The normalized spacial score (nSPS) is 21.6. The van der Waals surface area contributed by atoms with Crippen LogP contribution < -0.4 is 9.64 Å². The molecule has 1 aliphatic carbocycles. The van der Waals surface area contributed by atoms with E-state index in [-0.39, 0.29) is 12.2 Å². The molecule has 2 N–H and O–H groups in total. The minimum Gasteiger partial charge on any atom is -0.481 e. The molecule has 0 radical (unpaired) electrons. The Morgan fingerprint density at radius 1 is 1.06 bits per heavy atom. The summed E-state index contributed by atoms with van der Waals surface area (Å²) < 4.78 is 11.5. The molecule has 9 nitrogen and oxygen atoms in total. The minimum atomic E-state index is -0.686. The van der Waals surface area contributed by atoms with Crippen LogP contribution in [0.15, 0.2) is 30.5 Å². The summed E-state index contributed by atoms with van der Waals surface area (Å²) in [7, 11) is 1.59. The number of rotatable bonds is 7. The van der Waals surface area contributed by atoms with Gasteiger partial charge >= 0.3 is 5.97 Å². The molecular weight excluding hydrogens is 434 g/mol. The first-order valence-corrected chi connectivity index (χ1v) is 12.1. The van der Waals surface area contributed by atoms with Crippen LogP contribution in [0.4, 0.5) is 5.82 Å². The van der Waals surface area contributed by atoms with Crippen molar-refractivity contribution in [1.82, 2.24) is 19.9 Å². The van der Waals surface area contributed by atoms with Crippen molar-refractivity contribution in [2.75, 3.05) is 25.1 Å². The number of methoxy groups -OCH3 is 1. The lowest BCUT2D eigenvalue weighted by molar-refractivity contribution is -0.138. The number of H-pyrrole nitrogens is 1. The Hall–Kier alpha value is -3.20. The summed E-state index contributed by atoms with van der Waals surface area (Å²) in [6.45, 7) is 1.83. The van der Waals surface area contributed by atoms with E-state index in [9.17, 15) is 4.79 Å². The monoisotopic (exact) mass is 465 g/mol. The maximum absolute atomic E-state index is 10.9. The van der Waals surface area contributed by atoms with Crippen LogP contribution in [-0.2, 0) is 9.53 Å². The molecule has 34 heavy (non-hydrogen) atoms. The van der Waals surface area contributed by atoms with E-state index in [4.69, 9.17) is 14.6 Å². The second-order valence-corrected chi connectivity index (χ2v) is 9.28. The van der Waals surface area contributed by atoms with E-state index in [1.807, 2.05) is 30.5 Å². The summed E-state index contributed by atoms with van der Waals surface area (Å²) in [5.41, 5.74) is 2.39. The Labute approximate surface area is 198 Å². The van der Waals surface area contributed by atoms with E-state index < -0.39 is 5.97 Å². The van der Waals surface area contributed by atoms with Gasteiger partial charge in [0.25, 0.3) is 0 Å². The summed E-state index contributed by atoms with van der Waals surface area (Å²) >= 11 is 0. The average molecular weight is 466 g/mol. The van der Waals surface area contributed by atoms with Crippen LogP contribution in [0.5, 0.6) is 5.88 Å². The molecule has 0 bridgehead atoms. The summed E-state index contributed by atoms with van der Waals surface area (Å²) in [5, 5.41) is 8.98. The summed E-state index contributed by atoms with van der Waals surface area (Å²) in [5.74, 6) is 1.87. The molecule has 0 aromatic carbocycles. The number of piperidine rings is 1. The zero-order chi connectivity index (χ0) is 23.5. The van der Waals surface area contributed by atoms with Gasteiger partial charge in [-0.25, -0.2) is 9.97 Å². The number of hydrogen-bond acceptors (Lipinski definition) is 7. The molecule has 1 aliphatic heterocycles. The van der Waals surface area contributed by atoms with E-state index in [2.05, 4.69) is 24.8 Å². The molecule has 2 aliphatic rings. The van der Waals surface area contributed by atoms with Crippen LogP contribution in [0.2, 0.25) is 0 Å². The van der Waals surface area contributed by atoms with E-state index in [1.54, 1.807) is 7.11 Å². The van der Waals surface area contributed by atoms with Gasteiger partial charge in [-0.3, -0.25) is 4.79 Å². The molecule has 3 aromatic heterocycles. The standard InChI is InChI=1S/C25H31N5O4/c1-33-22-9-7-20-25(28-22)29-24(27-20)17-4-8-21(26-15-17)30-12-10-19(11-13-30)34-18-5-2-16(3-6-18)14-23(31)32/h4,7-9,15-16,18-19H,2-3,5-6,10-14H2,1H3,(H,31,32)(H,27,28,29)/t16-,18-. The van der Waals surface area contributed by atoms with Gasteiger partial charge in [0.1, 0.15) is 11.6 Å². The highest BCUT2D eigenvalue weighted by Gasteiger charge is 2.28. The second kappa shape index (κ2) is 9.97. The number of imidazole rings is 1. The van der Waals surface area contributed by atoms with Crippen LogP contribution >= 0.6 is 0 Å². The number of nitrogens with one attached hydrogen (secondary N) is 1. The third-order valence-corrected chi connectivity index (χ3v) is 6.96. The number of aliphatic carboxylic acids is 1. The number of carboxylic acids is 1. The molecule has 1 saturated carbocycles. The highest BCUT2D eigenvalue weighted by molar-refractivity contribution is 5.76. The predicted molar refractivity (Wildman–Crippen MR) is 128 cm³/mol. The number of nitrogens with zero attached hydrogens (tertiary/aromatic N) is 4. The van der Waals surface area contributed by atoms with Gasteiger partial charge in [-0.15, -0.1) is 0 Å². The first kappa shape index (κ1) is 22.6. The fourth-order valence-corrected chi connectivity index (χ4v) is 5.05. The molecule has 3 aromatic rings. The van der Waals surface area contributed by atoms with Crippen LogP contribution in [0.1, 0.15) is 44.9 Å². The van der Waals surface area contributed by atoms with E-state index in [0.29, 0.717) is 23.9 Å². The number of ether oxygens (including phenoxy) is 2. The third-order valence-electron chi connectivity index (χ3n) is 6.96. The molecule has 9 heteroatoms. The third kappa shape index (κ3) is 5.14. The van der Waals surface area contributed by atoms with Crippen molar-refractivity contribution in [3.63, 3.8) is 0 Å². The Kier molecular flexibility index (Phi) is 6.62. The van der Waals surface area contributed by atoms with Gasteiger partial charge in [0, 0.05) is 37.3 Å². The Bertz CT molecular complexity index is 1120. The van der Waals surface area contributed by atoms with Crippen LogP contribution in [-0.4, -0.2) is 63.4 Å². The molecule has 0 spiro atoms. The van der Waals surface area contributed by atoms with Gasteiger partial charge in [0.2, 0.25) is 5.88 Å². The number of pyridine rings is 2. The second-order valence-electron chi connectivity index (χ2n) is 9.28. The maximum Gasteiger partial charge on any atom is 0.303 e. The zero-order valence-electron chi connectivity index (χ0n) is 19.4. The molecular formula is C25H31N5O4. The van der Waals surface area contributed by atoms with E-state index >= 15 is 0 Å². The number of anilines is 1. The zero-order valence-corrected chi connectivity index (χ0v) is 19.4. The molecule has 0 unspecified atom stereocenters. The fourth-order valence-electron chi connectivity index (χ4n) is 5.05. The van der Waals surface area contributed by atoms with Crippen molar-refractivity contribution < 1.29 is 19.4 Å². The topological polar surface area (TPSA) is 113 Å². The van der Waals surface area contributed by atoms with Crippen molar-refractivity contribution in [2.45, 2.75) is 57.2 Å². The quantitative estimate of drug-likeness (QED) is 0.537. The van der Waals surface area contributed by atoms with Gasteiger partial charge in [-0.1, -0.05) is 0 Å². The number of carboxylic acid groups (broad SMARTS) is 1. The van der Waals surface area contributed by atoms with Crippen molar-refractivity contribution in [3.8, 4) is 17.3 Å². The van der Waals surface area contributed by atoms with Crippen molar-refractivity contribution in [3.05, 3.63) is 30.5 Å². The van der Waals surface area contributed by atoms with Gasteiger partial charge in [-0.05, 0) is 62.6 Å². The van der Waals surface area contributed by atoms with Gasteiger partial charge in [0.05, 0.1) is 24.8 Å². The molecule has 2 fully saturated rings. The summed E-state index contributed by atoms with van der Waals surface area (Å²) in [6.07, 6.45) is 8.53. The SMILES string of the molecule is COc1ccc2[nH]c(-c3ccc(N4CCC(O[C@H]5CC[C@H](CC(=O)O)CC5)CC4)nc3)nc2n1. The maximum atomic E-state index is 10.9. The summed E-state index contributed by atoms with van der Waals surface area (Å²) in [4.78, 5) is 30.1. The Morgan fingerprint density at radius 2 is 1.82 bits per heavy atom. The van der Waals surface area contributed by atoms with Crippen LogP contribution in [0, 0.1) is 5.92 Å². The molecule has 4 heterocycles. The van der Waals surface area contributed by atoms with Crippen molar-refractivity contribution >= 4 is 23.0 Å². The van der Waals surface area contributed by atoms with Gasteiger partial charge < -0.3 is 24.5 Å². The minimum absolute atomic E-state index is 0.275. The number of aromatic nitrogens is 4. The van der Waals surface area contributed by atoms with Gasteiger partial charge in [0.15, 0.2) is 5.65 Å². The lowest BCUT2D eigenvalue weighted by Gasteiger charge is -2.36. The molecule has 1 saturated heterocycles. The predicted octanol–water partition coefficient (Wildman–Crippen LogP) is 4.05. The largest absolute Gasteiger partial charge is 0.481 e. The van der Waals surface area contributed by atoms with Crippen molar-refractivity contribution in [2.24, 2.45) is 5.92 Å². The number of aromatic amines is 1. The van der Waals surface area contributed by atoms with Gasteiger partial charge in [-0.2, -0.15) is 4.98 Å². The van der Waals surface area contributed by atoms with Crippen LogP contribution in [0.3, 0.4) is 0 Å². The van der Waals surface area contributed by atoms with E-state index in [1.165, 1.54) is 0 Å². The average Bonchev–Trinajstić information content (AvgIpc) is 3.29. The summed E-state index contributed by atoms with van der Waals surface area (Å²) in [6, 6.07) is 7.80. The highest BCUT2D eigenvalue weighted by atomic mass is 16.5. The Balaban J connectivity index is 1.13. The molecule has 0 atom stereocenters. The molecule has 180 valence electrons. The highest BCUT2D eigenvalue weighted by Crippen LogP contribution is 2.31. The number of hydrogen-bond donors (Lipinski definition) is 2. The first-order valence-electron chi connectivity index (χ1n) is 12.1. The fraction of sp³-hybridized carbons (Fsp3) is 0.520. The van der Waals surface area contributed by atoms with Crippen LogP contribution in [0.25, 0.3) is 22.6 Å². The first-order chi connectivity index (χ1) is 16.6. The smallest absolute Gasteiger partial charge is 0.303 e. The number of fused-ring (bicyclic) bond motifs is 1. The lowest BCUT2D eigenvalue weighted by atomic mass is 9.85. The van der Waals surface area contributed by atoms with E-state index in [0.717, 1.165) is 74.3 Å².